The summed E-state index contributed by atoms with van der Waals surface area (Å²) in [5.74, 6) is 1.77. The first-order valence-electron chi connectivity index (χ1n) is 9.47. The number of fused-ring (bicyclic) bond motifs is 1. The van der Waals surface area contributed by atoms with Gasteiger partial charge < -0.3 is 8.83 Å². The van der Waals surface area contributed by atoms with Gasteiger partial charge in [-0.1, -0.05) is 30.3 Å². The van der Waals surface area contributed by atoms with Crippen LogP contribution in [0.5, 0.6) is 0 Å². The number of hydrogen-bond donors (Lipinski definition) is 0. The van der Waals surface area contributed by atoms with Crippen molar-refractivity contribution < 1.29 is 8.83 Å². The zero-order valence-electron chi connectivity index (χ0n) is 15.3. The minimum atomic E-state index is 0.355. The van der Waals surface area contributed by atoms with E-state index in [1.54, 1.807) is 4.68 Å². The van der Waals surface area contributed by atoms with Crippen LogP contribution in [-0.4, -0.2) is 32.8 Å². The molecule has 3 heterocycles. The molecule has 0 radical (unpaired) electrons. The van der Waals surface area contributed by atoms with Crippen molar-refractivity contribution in [1.29, 1.82) is 0 Å². The van der Waals surface area contributed by atoms with Crippen LogP contribution < -0.4 is 0 Å². The molecule has 0 amide bonds. The quantitative estimate of drug-likeness (QED) is 0.463. The van der Waals surface area contributed by atoms with Crippen molar-refractivity contribution in [1.82, 2.24) is 19.7 Å². The SMILES string of the molecule is S=c1oc(-c2ccccc2)nn1CN1CCC(c2nc3ccccc3o2)CC1. The van der Waals surface area contributed by atoms with Crippen LogP contribution in [0.15, 0.2) is 63.4 Å². The second-order valence-corrected chi connectivity index (χ2v) is 7.44. The van der Waals surface area contributed by atoms with E-state index < -0.39 is 0 Å². The number of hydrogen-bond acceptors (Lipinski definition) is 6. The maximum atomic E-state index is 5.95. The van der Waals surface area contributed by atoms with Gasteiger partial charge in [-0.05, 0) is 49.3 Å². The van der Waals surface area contributed by atoms with Crippen molar-refractivity contribution in [3.8, 4) is 11.5 Å². The first-order chi connectivity index (χ1) is 13.8. The largest absolute Gasteiger partial charge is 0.440 e. The van der Waals surface area contributed by atoms with Crippen molar-refractivity contribution in [3.05, 3.63) is 65.3 Å². The highest BCUT2D eigenvalue weighted by Gasteiger charge is 2.25. The number of piperidine rings is 1. The number of aromatic nitrogens is 3. The van der Waals surface area contributed by atoms with E-state index in [0.717, 1.165) is 48.5 Å². The van der Waals surface area contributed by atoms with Crippen LogP contribution in [0.2, 0.25) is 0 Å². The molecule has 28 heavy (non-hydrogen) atoms. The molecule has 4 aromatic rings. The predicted octanol–water partition coefficient (Wildman–Crippen LogP) is 4.85. The number of rotatable bonds is 4. The Morgan fingerprint density at radius 2 is 1.71 bits per heavy atom. The molecule has 7 heteroatoms. The van der Waals surface area contributed by atoms with Crippen molar-refractivity contribution in [2.75, 3.05) is 13.1 Å². The average molecular weight is 392 g/mol. The Bertz CT molecular complexity index is 1110. The Labute approximate surface area is 167 Å². The van der Waals surface area contributed by atoms with E-state index in [-0.39, 0.29) is 0 Å². The molecule has 5 rings (SSSR count). The summed E-state index contributed by atoms with van der Waals surface area (Å²) in [5.41, 5.74) is 2.73. The lowest BCUT2D eigenvalue weighted by Crippen LogP contribution is -2.34. The number of benzene rings is 2. The van der Waals surface area contributed by atoms with Gasteiger partial charge in [-0.2, -0.15) is 0 Å². The molecule has 0 saturated carbocycles. The molecular weight excluding hydrogens is 372 g/mol. The van der Waals surface area contributed by atoms with E-state index in [1.807, 2.05) is 54.6 Å². The van der Waals surface area contributed by atoms with Gasteiger partial charge in [0.2, 0.25) is 5.89 Å². The monoisotopic (exact) mass is 392 g/mol. The highest BCUT2D eigenvalue weighted by molar-refractivity contribution is 7.71. The van der Waals surface area contributed by atoms with Gasteiger partial charge in [-0.15, -0.1) is 5.10 Å². The fraction of sp³-hybridized carbons (Fsp3) is 0.286. The van der Waals surface area contributed by atoms with Crippen molar-refractivity contribution in [2.45, 2.75) is 25.4 Å². The summed E-state index contributed by atoms with van der Waals surface area (Å²) in [4.78, 5) is 7.40. The molecule has 0 N–H and O–H groups in total. The minimum absolute atomic E-state index is 0.355. The minimum Gasteiger partial charge on any atom is -0.440 e. The average Bonchev–Trinajstić information content (AvgIpc) is 3.33. The second kappa shape index (κ2) is 7.33. The van der Waals surface area contributed by atoms with Gasteiger partial charge in [0.25, 0.3) is 4.84 Å². The molecule has 0 spiro atoms. The summed E-state index contributed by atoms with van der Waals surface area (Å²) < 4.78 is 13.4. The highest BCUT2D eigenvalue weighted by atomic mass is 32.1. The van der Waals surface area contributed by atoms with Gasteiger partial charge in [0, 0.05) is 24.6 Å². The first-order valence-corrected chi connectivity index (χ1v) is 9.88. The molecule has 0 atom stereocenters. The standard InChI is InChI=1S/C21H20N4O2S/c28-21-25(23-20(27-21)15-6-2-1-3-7-15)14-24-12-10-16(11-13-24)19-22-17-8-4-5-9-18(17)26-19/h1-9,16H,10-14H2. The normalized spacial score (nSPS) is 16.0. The predicted molar refractivity (Wildman–Crippen MR) is 108 cm³/mol. The van der Waals surface area contributed by atoms with E-state index in [0.29, 0.717) is 23.3 Å². The summed E-state index contributed by atoms with van der Waals surface area (Å²) in [6.07, 6.45) is 2.01. The molecule has 6 nitrogen and oxygen atoms in total. The van der Waals surface area contributed by atoms with E-state index in [2.05, 4.69) is 15.0 Å². The Kier molecular flexibility index (Phi) is 4.54. The molecule has 1 aliphatic rings. The molecule has 0 bridgehead atoms. The third kappa shape index (κ3) is 3.39. The molecule has 2 aromatic heterocycles. The van der Waals surface area contributed by atoms with Crippen LogP contribution in [0.25, 0.3) is 22.6 Å². The Hall–Kier alpha value is -2.77. The fourth-order valence-corrected chi connectivity index (χ4v) is 3.85. The molecule has 0 aliphatic carbocycles. The molecule has 1 aliphatic heterocycles. The third-order valence-electron chi connectivity index (χ3n) is 5.21. The number of likely N-dealkylation sites (tertiary alicyclic amines) is 1. The van der Waals surface area contributed by atoms with Gasteiger partial charge in [0.15, 0.2) is 11.5 Å². The van der Waals surface area contributed by atoms with Crippen LogP contribution in [0.1, 0.15) is 24.7 Å². The van der Waals surface area contributed by atoms with Gasteiger partial charge in [0.1, 0.15) is 5.52 Å². The second-order valence-electron chi connectivity index (χ2n) is 7.09. The van der Waals surface area contributed by atoms with Crippen molar-refractivity contribution in [3.63, 3.8) is 0 Å². The maximum Gasteiger partial charge on any atom is 0.288 e. The van der Waals surface area contributed by atoms with Crippen molar-refractivity contribution >= 4 is 23.3 Å². The van der Waals surface area contributed by atoms with Crippen LogP contribution in [0.4, 0.5) is 0 Å². The van der Waals surface area contributed by atoms with Gasteiger partial charge in [-0.25, -0.2) is 9.67 Å². The van der Waals surface area contributed by atoms with Gasteiger partial charge in [0.05, 0.1) is 6.67 Å². The van der Waals surface area contributed by atoms with E-state index in [9.17, 15) is 0 Å². The fourth-order valence-electron chi connectivity index (χ4n) is 3.67. The van der Waals surface area contributed by atoms with Gasteiger partial charge in [-0.3, -0.25) is 4.90 Å². The maximum absolute atomic E-state index is 5.95. The molecule has 142 valence electrons. The number of para-hydroxylation sites is 2. The zero-order valence-corrected chi connectivity index (χ0v) is 16.1. The van der Waals surface area contributed by atoms with Gasteiger partial charge >= 0.3 is 0 Å². The summed E-state index contributed by atoms with van der Waals surface area (Å²) >= 11 is 5.36. The lowest BCUT2D eigenvalue weighted by atomic mass is 9.97. The molecule has 1 saturated heterocycles. The molecule has 1 fully saturated rings. The first kappa shape index (κ1) is 17.3. The van der Waals surface area contributed by atoms with Crippen LogP contribution in [0.3, 0.4) is 0 Å². The Morgan fingerprint density at radius 3 is 2.50 bits per heavy atom. The highest BCUT2D eigenvalue weighted by Crippen LogP contribution is 2.30. The van der Waals surface area contributed by atoms with E-state index >= 15 is 0 Å². The third-order valence-corrected chi connectivity index (χ3v) is 5.50. The zero-order chi connectivity index (χ0) is 18.9. The van der Waals surface area contributed by atoms with Crippen molar-refractivity contribution in [2.24, 2.45) is 0 Å². The number of oxazole rings is 1. The van der Waals surface area contributed by atoms with Crippen LogP contribution in [-0.2, 0) is 6.67 Å². The molecule has 2 aromatic carbocycles. The number of nitrogens with zero attached hydrogens (tertiary/aromatic N) is 4. The summed E-state index contributed by atoms with van der Waals surface area (Å²) in [6, 6.07) is 17.8. The lowest BCUT2D eigenvalue weighted by molar-refractivity contribution is 0.152. The lowest BCUT2D eigenvalue weighted by Gasteiger charge is -2.29. The Balaban J connectivity index is 1.25. The smallest absolute Gasteiger partial charge is 0.288 e. The van der Waals surface area contributed by atoms with Crippen LogP contribution in [0, 0.1) is 4.84 Å². The topological polar surface area (TPSA) is 60.2 Å². The Morgan fingerprint density at radius 1 is 0.964 bits per heavy atom. The molecular formula is C21H20N4O2S. The van der Waals surface area contributed by atoms with E-state index in [1.165, 1.54) is 0 Å². The summed E-state index contributed by atoms with van der Waals surface area (Å²) in [7, 11) is 0. The molecule has 0 unspecified atom stereocenters. The van der Waals surface area contributed by atoms with E-state index in [4.69, 9.17) is 21.1 Å². The summed E-state index contributed by atoms with van der Waals surface area (Å²) in [5, 5.41) is 4.55. The van der Waals surface area contributed by atoms with Crippen LogP contribution >= 0.6 is 12.2 Å². The summed E-state index contributed by atoms with van der Waals surface area (Å²) in [6.45, 7) is 2.52.